The van der Waals surface area contributed by atoms with Crippen molar-refractivity contribution in [3.63, 3.8) is 0 Å². The molecule has 2 fully saturated rings. The van der Waals surface area contributed by atoms with Gasteiger partial charge in [-0.3, -0.25) is 24.2 Å². The lowest BCUT2D eigenvalue weighted by Crippen LogP contribution is -2.47. The lowest BCUT2D eigenvalue weighted by atomic mass is 10.1. The van der Waals surface area contributed by atoms with Gasteiger partial charge in [-0.15, -0.1) is 0 Å². The molecule has 2 aliphatic rings. The number of fused-ring (bicyclic) bond motifs is 3. The number of pyridine rings is 1. The van der Waals surface area contributed by atoms with Crippen LogP contribution in [0, 0.1) is 5.92 Å². The maximum absolute atomic E-state index is 12.1. The summed E-state index contributed by atoms with van der Waals surface area (Å²) in [7, 11) is 0. The molecule has 14 heteroatoms. The molecule has 262 valence electrons. The number of aromatic nitrogens is 3. The first kappa shape index (κ1) is 35.5. The summed E-state index contributed by atoms with van der Waals surface area (Å²) >= 11 is 0. The number of nitrogens with one attached hydrogen (secondary N) is 2. The molecule has 4 heterocycles. The van der Waals surface area contributed by atoms with E-state index >= 15 is 0 Å². The van der Waals surface area contributed by atoms with E-state index in [1.807, 2.05) is 6.07 Å². The van der Waals surface area contributed by atoms with Crippen molar-refractivity contribution in [1.82, 2.24) is 30.1 Å². The number of hydrogen-bond donors (Lipinski definition) is 3. The van der Waals surface area contributed by atoms with Crippen LogP contribution >= 0.6 is 0 Å². The number of benzene rings is 1. The van der Waals surface area contributed by atoms with Crippen molar-refractivity contribution >= 4 is 51.2 Å². The van der Waals surface area contributed by atoms with Crippen LogP contribution in [-0.4, -0.2) is 128 Å². The van der Waals surface area contributed by atoms with Gasteiger partial charge in [-0.25, -0.2) is 9.97 Å². The van der Waals surface area contributed by atoms with E-state index in [9.17, 15) is 14.4 Å². The van der Waals surface area contributed by atoms with E-state index < -0.39 is 0 Å². The molecule has 5 rings (SSSR count). The minimum absolute atomic E-state index is 0.0739. The summed E-state index contributed by atoms with van der Waals surface area (Å²) < 4.78 is 16.7. The van der Waals surface area contributed by atoms with E-state index in [0.29, 0.717) is 51.8 Å². The number of ether oxygens (including phenoxy) is 3. The van der Waals surface area contributed by atoms with Crippen molar-refractivity contribution in [2.45, 2.75) is 46.0 Å². The molecular weight excluding hydrogens is 616 g/mol. The number of aryl methyl sites for hydroxylation is 1. The molecule has 3 aromatic rings. The number of nitrogens with two attached hydrogens (primary N) is 1. The number of nitrogens with zero attached hydrogens (tertiary/aromatic N) is 5. The Bertz CT molecular complexity index is 1540. The average molecular weight is 667 g/mol. The van der Waals surface area contributed by atoms with Gasteiger partial charge in [0.2, 0.25) is 17.7 Å². The number of unbranched alkanes of at least 4 members (excludes halogenated alkanes) is 1. The standard InChI is InChI=1S/C34H50N8O6/c1-3-4-5-28-38-31-26-23-25(6-7-27(26)37-33(35)32(31)39-28)41-12-10-40(11-13-41)14-18-46-16-8-29(43)36-9-17-47-20-21-48-19-15-42-30(44)22-24(2)34(42)45/h6-7,23-24H,3-5,8-22H2,1-2H3,(H2,35,37)(H,36,43)(H,38,39). The maximum atomic E-state index is 12.1. The SMILES string of the molecule is CCCCc1nc2c([nH]1)c(N)nc1ccc(N3CCN(CCOCCC(=O)NCCOCCOCCN4C(=O)CC(C)C4=O)CC3)cc12. The van der Waals surface area contributed by atoms with Crippen molar-refractivity contribution in [3.05, 3.63) is 24.0 Å². The van der Waals surface area contributed by atoms with Crippen LogP contribution in [-0.2, 0) is 35.0 Å². The average Bonchev–Trinajstić information content (AvgIpc) is 3.63. The maximum Gasteiger partial charge on any atom is 0.232 e. The summed E-state index contributed by atoms with van der Waals surface area (Å²) in [6.07, 6.45) is 3.66. The van der Waals surface area contributed by atoms with Gasteiger partial charge in [0, 0.05) is 75.5 Å². The number of aromatic amines is 1. The summed E-state index contributed by atoms with van der Waals surface area (Å²) in [5, 5.41) is 3.85. The van der Waals surface area contributed by atoms with Crippen LogP contribution in [0.1, 0.15) is 45.4 Å². The molecule has 0 bridgehead atoms. The first-order valence-electron chi connectivity index (χ1n) is 17.2. The van der Waals surface area contributed by atoms with Gasteiger partial charge in [0.05, 0.1) is 51.7 Å². The van der Waals surface area contributed by atoms with Gasteiger partial charge in [-0.1, -0.05) is 20.3 Å². The van der Waals surface area contributed by atoms with E-state index in [0.717, 1.165) is 85.4 Å². The molecule has 2 aliphatic heterocycles. The molecule has 2 saturated heterocycles. The van der Waals surface area contributed by atoms with E-state index in [1.165, 1.54) is 4.90 Å². The lowest BCUT2D eigenvalue weighted by molar-refractivity contribution is -0.140. The number of nitrogen functional groups attached to an aromatic ring is 1. The number of likely N-dealkylation sites (tertiary alicyclic amines) is 1. The van der Waals surface area contributed by atoms with Crippen LogP contribution in [0.3, 0.4) is 0 Å². The highest BCUT2D eigenvalue weighted by molar-refractivity contribution is 6.07. The molecule has 0 saturated carbocycles. The predicted octanol–water partition coefficient (Wildman–Crippen LogP) is 2.11. The number of rotatable bonds is 19. The molecule has 3 amide bonds. The van der Waals surface area contributed by atoms with Crippen LogP contribution in [0.2, 0.25) is 0 Å². The molecule has 0 spiro atoms. The Balaban J connectivity index is 0.903. The zero-order valence-electron chi connectivity index (χ0n) is 28.3. The van der Waals surface area contributed by atoms with Crippen molar-refractivity contribution < 1.29 is 28.6 Å². The number of amides is 3. The second-order valence-corrected chi connectivity index (χ2v) is 12.5. The van der Waals surface area contributed by atoms with E-state index in [4.69, 9.17) is 24.9 Å². The van der Waals surface area contributed by atoms with Gasteiger partial charge in [0.1, 0.15) is 22.7 Å². The van der Waals surface area contributed by atoms with Crippen molar-refractivity contribution in [2.24, 2.45) is 5.92 Å². The lowest BCUT2D eigenvalue weighted by Gasteiger charge is -2.36. The first-order valence-corrected chi connectivity index (χ1v) is 17.2. The van der Waals surface area contributed by atoms with Crippen LogP contribution in [0.15, 0.2) is 18.2 Å². The molecule has 4 N–H and O–H groups in total. The molecule has 0 radical (unpaired) electrons. The number of piperazine rings is 1. The third-order valence-corrected chi connectivity index (χ3v) is 8.88. The summed E-state index contributed by atoms with van der Waals surface area (Å²) in [4.78, 5) is 54.7. The van der Waals surface area contributed by atoms with Crippen molar-refractivity contribution in [1.29, 1.82) is 0 Å². The molecular formula is C34H50N8O6. The molecule has 14 nitrogen and oxygen atoms in total. The van der Waals surface area contributed by atoms with Crippen LogP contribution in [0.5, 0.6) is 0 Å². The number of carbonyl (C=O) groups is 3. The summed E-state index contributed by atoms with van der Waals surface area (Å²) in [5.41, 5.74) is 9.98. The second-order valence-electron chi connectivity index (χ2n) is 12.5. The van der Waals surface area contributed by atoms with E-state index in [2.05, 4.69) is 44.1 Å². The highest BCUT2D eigenvalue weighted by atomic mass is 16.5. The Hall–Kier alpha value is -3.85. The Morgan fingerprint density at radius 3 is 2.50 bits per heavy atom. The third kappa shape index (κ3) is 9.40. The zero-order valence-corrected chi connectivity index (χ0v) is 28.3. The highest BCUT2D eigenvalue weighted by Gasteiger charge is 2.35. The normalized spacial score (nSPS) is 17.3. The fourth-order valence-electron chi connectivity index (χ4n) is 6.06. The van der Waals surface area contributed by atoms with Crippen molar-refractivity contribution in [2.75, 3.05) is 96.1 Å². The summed E-state index contributed by atoms with van der Waals surface area (Å²) in [6, 6.07) is 6.34. The first-order chi connectivity index (χ1) is 23.3. The monoisotopic (exact) mass is 666 g/mol. The van der Waals surface area contributed by atoms with Gasteiger partial charge in [-0.05, 0) is 24.6 Å². The Morgan fingerprint density at radius 2 is 1.75 bits per heavy atom. The third-order valence-electron chi connectivity index (χ3n) is 8.88. The second kappa shape index (κ2) is 17.5. The molecule has 2 aromatic heterocycles. The number of hydrogen-bond acceptors (Lipinski definition) is 11. The molecule has 1 aromatic carbocycles. The summed E-state index contributed by atoms with van der Waals surface area (Å²) in [6.45, 7) is 11.5. The Labute approximate surface area is 281 Å². The van der Waals surface area contributed by atoms with Gasteiger partial charge in [0.15, 0.2) is 0 Å². The highest BCUT2D eigenvalue weighted by Crippen LogP contribution is 2.30. The van der Waals surface area contributed by atoms with Gasteiger partial charge >= 0.3 is 0 Å². The minimum Gasteiger partial charge on any atom is -0.382 e. The number of imidazole rings is 1. The quantitative estimate of drug-likeness (QED) is 0.127. The smallest absolute Gasteiger partial charge is 0.232 e. The Kier molecular flexibility index (Phi) is 12.9. The minimum atomic E-state index is -0.239. The largest absolute Gasteiger partial charge is 0.382 e. The predicted molar refractivity (Wildman–Crippen MR) is 184 cm³/mol. The van der Waals surface area contributed by atoms with Gasteiger partial charge < -0.3 is 35.1 Å². The van der Waals surface area contributed by atoms with Crippen LogP contribution < -0.4 is 16.0 Å². The van der Waals surface area contributed by atoms with E-state index in [-0.39, 0.29) is 43.2 Å². The number of H-pyrrole nitrogens is 1. The number of imide groups is 1. The van der Waals surface area contributed by atoms with Crippen LogP contribution in [0.4, 0.5) is 11.5 Å². The Morgan fingerprint density at radius 1 is 1.00 bits per heavy atom. The zero-order chi connectivity index (χ0) is 33.9. The van der Waals surface area contributed by atoms with Crippen molar-refractivity contribution in [3.8, 4) is 0 Å². The van der Waals surface area contributed by atoms with Crippen LogP contribution in [0.25, 0.3) is 21.9 Å². The van der Waals surface area contributed by atoms with E-state index in [1.54, 1.807) is 6.92 Å². The van der Waals surface area contributed by atoms with Gasteiger partial charge in [-0.2, -0.15) is 0 Å². The molecule has 1 unspecified atom stereocenters. The number of anilines is 2. The summed E-state index contributed by atoms with van der Waals surface area (Å²) in [5.74, 6) is 0.860. The number of carbonyl (C=O) groups excluding carboxylic acids is 3. The topological polar surface area (TPSA) is 168 Å². The van der Waals surface area contributed by atoms with Gasteiger partial charge in [0.25, 0.3) is 0 Å². The molecule has 48 heavy (non-hydrogen) atoms. The fraction of sp³-hybridized carbons (Fsp3) is 0.618. The molecule has 0 aliphatic carbocycles. The fourth-order valence-corrected chi connectivity index (χ4v) is 6.06. The molecule has 1 atom stereocenters.